The summed E-state index contributed by atoms with van der Waals surface area (Å²) in [5.41, 5.74) is 6.96. The molecule has 0 bridgehead atoms. The lowest BCUT2D eigenvalue weighted by Gasteiger charge is -2.04. The molecule has 1 aromatic carbocycles. The number of anilines is 1. The molecule has 1 aromatic rings. The summed E-state index contributed by atoms with van der Waals surface area (Å²) in [6.45, 7) is -0.0464. The van der Waals surface area contributed by atoms with Crippen LogP contribution < -0.4 is 11.1 Å². The summed E-state index contributed by atoms with van der Waals surface area (Å²) >= 11 is 0. The molecule has 0 spiro atoms. The fourth-order valence-corrected chi connectivity index (χ4v) is 1.19. The van der Waals surface area contributed by atoms with Crippen molar-refractivity contribution in [1.82, 2.24) is 5.32 Å². The van der Waals surface area contributed by atoms with E-state index in [9.17, 15) is 14.9 Å². The molecule has 1 amide bonds. The number of nitrogens with zero attached hydrogens (tertiary/aromatic N) is 1. The highest BCUT2D eigenvalue weighted by atomic mass is 16.9. The van der Waals surface area contributed by atoms with Crippen LogP contribution in [0.2, 0.25) is 0 Å². The first-order valence-corrected chi connectivity index (χ1v) is 4.96. The van der Waals surface area contributed by atoms with Crippen molar-refractivity contribution in [1.29, 1.82) is 0 Å². The molecule has 7 heteroatoms. The van der Waals surface area contributed by atoms with Crippen molar-refractivity contribution in [2.24, 2.45) is 0 Å². The van der Waals surface area contributed by atoms with Gasteiger partial charge in [-0.05, 0) is 17.7 Å². The summed E-state index contributed by atoms with van der Waals surface area (Å²) in [7, 11) is 0. The summed E-state index contributed by atoms with van der Waals surface area (Å²) in [5.74, 6) is -0.221. The van der Waals surface area contributed by atoms with Crippen LogP contribution in [0, 0.1) is 10.1 Å². The van der Waals surface area contributed by atoms with E-state index < -0.39 is 5.09 Å². The number of benzene rings is 1. The second kappa shape index (κ2) is 6.31. The molecule has 0 unspecified atom stereocenters. The third-order valence-corrected chi connectivity index (χ3v) is 1.97. The molecule has 1 rings (SSSR count). The topological polar surface area (TPSA) is 107 Å². The van der Waals surface area contributed by atoms with Gasteiger partial charge in [0.1, 0.15) is 6.61 Å². The molecule has 0 fully saturated rings. The lowest BCUT2D eigenvalue weighted by atomic mass is 10.1. The molecule has 0 atom stereocenters. The molecule has 0 heterocycles. The fraction of sp³-hybridized carbons (Fsp3) is 0.300. The van der Waals surface area contributed by atoms with Gasteiger partial charge in [-0.15, -0.1) is 10.1 Å². The van der Waals surface area contributed by atoms with Gasteiger partial charge in [0.15, 0.2) is 0 Å². The molecule has 3 N–H and O–H groups in total. The number of carbonyl (C=O) groups excluding carboxylic acids is 1. The van der Waals surface area contributed by atoms with Crippen molar-refractivity contribution in [3.8, 4) is 0 Å². The van der Waals surface area contributed by atoms with E-state index in [1.54, 1.807) is 24.3 Å². The molecule has 0 radical (unpaired) electrons. The zero-order valence-corrected chi connectivity index (χ0v) is 9.09. The van der Waals surface area contributed by atoms with Crippen molar-refractivity contribution in [3.05, 3.63) is 39.9 Å². The predicted octanol–water partition coefficient (Wildman–Crippen LogP) is 0.136. The Hall–Kier alpha value is -2.31. The average molecular weight is 239 g/mol. The van der Waals surface area contributed by atoms with Crippen LogP contribution in [0.1, 0.15) is 5.56 Å². The van der Waals surface area contributed by atoms with Gasteiger partial charge in [-0.2, -0.15) is 0 Å². The van der Waals surface area contributed by atoms with Crippen molar-refractivity contribution in [3.63, 3.8) is 0 Å². The van der Waals surface area contributed by atoms with Gasteiger partial charge in [0.2, 0.25) is 5.91 Å². The maximum Gasteiger partial charge on any atom is 0.294 e. The Kier molecular flexibility index (Phi) is 4.74. The fourth-order valence-electron chi connectivity index (χ4n) is 1.19. The van der Waals surface area contributed by atoms with Crippen LogP contribution in [0.3, 0.4) is 0 Å². The third kappa shape index (κ3) is 5.36. The molecular weight excluding hydrogens is 226 g/mol. The van der Waals surface area contributed by atoms with Gasteiger partial charge in [-0.1, -0.05) is 12.1 Å². The Balaban J connectivity index is 2.25. The number of amides is 1. The molecular formula is C10H13N3O4. The first kappa shape index (κ1) is 12.8. The molecule has 0 saturated heterocycles. The molecule has 0 aliphatic rings. The monoisotopic (exact) mass is 239 g/mol. The Morgan fingerprint density at radius 3 is 2.65 bits per heavy atom. The van der Waals surface area contributed by atoms with E-state index in [4.69, 9.17) is 5.73 Å². The van der Waals surface area contributed by atoms with Gasteiger partial charge >= 0.3 is 0 Å². The van der Waals surface area contributed by atoms with Crippen molar-refractivity contribution >= 4 is 11.6 Å². The molecule has 0 aliphatic heterocycles. The highest BCUT2D eigenvalue weighted by molar-refractivity contribution is 5.78. The smallest absolute Gasteiger partial charge is 0.294 e. The number of nitrogens with one attached hydrogen (secondary N) is 1. The van der Waals surface area contributed by atoms with Crippen molar-refractivity contribution < 1.29 is 14.7 Å². The number of nitrogens with two attached hydrogens (primary N) is 1. The zero-order chi connectivity index (χ0) is 12.7. The van der Waals surface area contributed by atoms with E-state index >= 15 is 0 Å². The van der Waals surface area contributed by atoms with E-state index in [2.05, 4.69) is 10.2 Å². The first-order valence-electron chi connectivity index (χ1n) is 4.96. The molecule has 0 aromatic heterocycles. The summed E-state index contributed by atoms with van der Waals surface area (Å²) < 4.78 is 0. The molecule has 17 heavy (non-hydrogen) atoms. The van der Waals surface area contributed by atoms with Gasteiger partial charge < -0.3 is 15.9 Å². The standard InChI is InChI=1S/C10H13N3O4/c11-9-3-1-8(2-4-9)7-10(14)12-5-6-17-13(15)16/h1-4H,5-7,11H2,(H,12,14). The quantitative estimate of drug-likeness (QED) is 0.317. The van der Waals surface area contributed by atoms with Crippen LogP contribution in [0.4, 0.5) is 5.69 Å². The van der Waals surface area contributed by atoms with E-state index in [1.165, 1.54) is 0 Å². The predicted molar refractivity (Wildman–Crippen MR) is 60.5 cm³/mol. The largest absolute Gasteiger partial charge is 0.399 e. The number of rotatable bonds is 6. The average Bonchev–Trinajstić information content (AvgIpc) is 2.27. The van der Waals surface area contributed by atoms with Crippen LogP contribution in [0.25, 0.3) is 0 Å². The second-order valence-corrected chi connectivity index (χ2v) is 3.33. The lowest BCUT2D eigenvalue weighted by molar-refractivity contribution is -0.757. The van der Waals surface area contributed by atoms with Gasteiger partial charge in [0.05, 0.1) is 6.42 Å². The first-order chi connectivity index (χ1) is 8.08. The van der Waals surface area contributed by atoms with Gasteiger partial charge in [0, 0.05) is 12.2 Å². The Morgan fingerprint density at radius 1 is 1.41 bits per heavy atom. The number of hydrogen-bond acceptors (Lipinski definition) is 5. The summed E-state index contributed by atoms with van der Waals surface area (Å²) in [4.78, 5) is 25.2. The van der Waals surface area contributed by atoms with Crippen molar-refractivity contribution in [2.75, 3.05) is 18.9 Å². The van der Waals surface area contributed by atoms with Gasteiger partial charge in [-0.25, -0.2) is 0 Å². The normalized spacial score (nSPS) is 9.65. The van der Waals surface area contributed by atoms with Gasteiger partial charge in [0.25, 0.3) is 5.09 Å². The third-order valence-electron chi connectivity index (χ3n) is 1.97. The van der Waals surface area contributed by atoms with Crippen LogP contribution in [0.15, 0.2) is 24.3 Å². The SMILES string of the molecule is Nc1ccc(CC(=O)NCCO[N+](=O)[O-])cc1. The molecule has 92 valence electrons. The number of carbonyl (C=O) groups is 1. The van der Waals surface area contributed by atoms with Crippen LogP contribution in [-0.2, 0) is 16.1 Å². The Bertz CT molecular complexity index is 391. The zero-order valence-electron chi connectivity index (χ0n) is 9.09. The highest BCUT2D eigenvalue weighted by Gasteiger charge is 2.03. The molecule has 0 aliphatic carbocycles. The Labute approximate surface area is 97.7 Å². The summed E-state index contributed by atoms with van der Waals surface area (Å²) in [5, 5.41) is 11.4. The maximum atomic E-state index is 11.4. The molecule has 0 saturated carbocycles. The van der Waals surface area contributed by atoms with Crippen LogP contribution in [0.5, 0.6) is 0 Å². The maximum absolute atomic E-state index is 11.4. The van der Waals surface area contributed by atoms with Crippen LogP contribution in [-0.4, -0.2) is 24.1 Å². The van der Waals surface area contributed by atoms with E-state index in [1.807, 2.05) is 0 Å². The van der Waals surface area contributed by atoms with Gasteiger partial charge in [-0.3, -0.25) is 4.79 Å². The minimum atomic E-state index is -0.897. The second-order valence-electron chi connectivity index (χ2n) is 3.33. The minimum absolute atomic E-state index is 0.106. The Morgan fingerprint density at radius 2 is 2.06 bits per heavy atom. The highest BCUT2D eigenvalue weighted by Crippen LogP contribution is 2.05. The molecule has 7 nitrogen and oxygen atoms in total. The van der Waals surface area contributed by atoms with E-state index in [-0.39, 0.29) is 25.5 Å². The number of nitrogen functional groups attached to an aromatic ring is 1. The van der Waals surface area contributed by atoms with E-state index in [0.717, 1.165) is 5.56 Å². The summed E-state index contributed by atoms with van der Waals surface area (Å²) in [6.07, 6.45) is 0.207. The van der Waals surface area contributed by atoms with Crippen molar-refractivity contribution in [2.45, 2.75) is 6.42 Å². The minimum Gasteiger partial charge on any atom is -0.399 e. The van der Waals surface area contributed by atoms with E-state index in [0.29, 0.717) is 5.69 Å². The van der Waals surface area contributed by atoms with Crippen LogP contribution >= 0.6 is 0 Å². The number of hydrogen-bond donors (Lipinski definition) is 2. The summed E-state index contributed by atoms with van der Waals surface area (Å²) in [6, 6.07) is 6.92. The lowest BCUT2D eigenvalue weighted by Crippen LogP contribution is -2.29.